The van der Waals surface area contributed by atoms with E-state index < -0.39 is 5.97 Å². The number of rotatable bonds is 1. The third kappa shape index (κ3) is 54.1. The van der Waals surface area contributed by atoms with Crippen molar-refractivity contribution < 1.29 is 14.9 Å². The van der Waals surface area contributed by atoms with E-state index in [1.54, 1.807) is 13.8 Å². The van der Waals surface area contributed by atoms with Crippen LogP contribution in [0.3, 0.4) is 0 Å². The first-order chi connectivity index (χ1) is 4.86. The van der Waals surface area contributed by atoms with Gasteiger partial charge in [0.25, 0.3) is 5.97 Å². The Morgan fingerprint density at radius 1 is 1.73 bits per heavy atom. The Morgan fingerprint density at radius 2 is 2.00 bits per heavy atom. The zero-order valence-corrected chi connectivity index (χ0v) is 6.81. The minimum absolute atomic E-state index is 0.0116. The maximum atomic E-state index is 9.78. The number of hydrazine groups is 1. The first-order valence-electron chi connectivity index (χ1n) is 2.98. The van der Waals surface area contributed by atoms with Crippen molar-refractivity contribution in [1.29, 1.82) is 0 Å². The van der Waals surface area contributed by atoms with Crippen LogP contribution in [0.2, 0.25) is 0 Å². The van der Waals surface area contributed by atoms with Crippen molar-refractivity contribution in [2.45, 2.75) is 26.8 Å². The van der Waals surface area contributed by atoms with E-state index in [1.165, 1.54) is 0 Å². The summed E-state index contributed by atoms with van der Waals surface area (Å²) in [5.41, 5.74) is 0. The lowest BCUT2D eigenvalue weighted by molar-refractivity contribution is -0.544. The zero-order chi connectivity index (χ0) is 9.44. The number of carboxylic acids is 1. The fraction of sp³-hybridized carbons (Fsp3) is 0.800. The minimum Gasteiger partial charge on any atom is -0.572 e. The molecule has 0 aromatic heterocycles. The molecule has 0 aromatic rings. The van der Waals surface area contributed by atoms with Crippen LogP contribution in [0, 0.1) is 5.21 Å². The highest BCUT2D eigenvalue weighted by atomic mass is 16.5. The molecule has 0 aliphatic rings. The Bertz CT molecular complexity index is 136. The number of aliphatic carboxylic acids is 1. The van der Waals surface area contributed by atoms with Gasteiger partial charge in [-0.2, -0.15) is 5.84 Å². The van der Waals surface area contributed by atoms with Gasteiger partial charge < -0.3 is 10.3 Å². The number of carbonyl (C=O) groups is 1. The van der Waals surface area contributed by atoms with Crippen LogP contribution >= 0.6 is 0 Å². The van der Waals surface area contributed by atoms with Gasteiger partial charge in [-0.3, -0.25) is 4.79 Å². The Kier molecular flexibility index (Phi) is 7.62. The van der Waals surface area contributed by atoms with Crippen LogP contribution in [-0.4, -0.2) is 22.1 Å². The standard InChI is InChI=1S/C3H9N3O.C2H4O2/c1-3(2)5-6(4)7;1-2(3)4/h3H,1-2H3,(H2,4,5);1H3,(H,3,4). The molecule has 0 bridgehead atoms. The van der Waals surface area contributed by atoms with Gasteiger partial charge in [0.15, 0.2) is 0 Å². The molecule has 6 heteroatoms. The Balaban J connectivity index is 0. The first kappa shape index (κ1) is 12.4. The smallest absolute Gasteiger partial charge is 0.300 e. The molecule has 0 radical (unpaired) electrons. The van der Waals surface area contributed by atoms with Crippen LogP contribution in [0.15, 0.2) is 5.11 Å². The van der Waals surface area contributed by atoms with Crippen molar-refractivity contribution in [2.24, 2.45) is 11.0 Å². The summed E-state index contributed by atoms with van der Waals surface area (Å²) in [7, 11) is 0. The van der Waals surface area contributed by atoms with Gasteiger partial charge in [-0.1, -0.05) is 0 Å². The quantitative estimate of drug-likeness (QED) is 0.251. The van der Waals surface area contributed by atoms with Crippen LogP contribution in [0.25, 0.3) is 0 Å². The van der Waals surface area contributed by atoms with Gasteiger partial charge in [0.05, 0.1) is 0 Å². The summed E-state index contributed by atoms with van der Waals surface area (Å²) in [4.78, 5) is 9.07. The fourth-order valence-corrected chi connectivity index (χ4v) is 0.228. The van der Waals surface area contributed by atoms with E-state index in [-0.39, 0.29) is 11.0 Å². The Hall–Kier alpha value is -1.33. The maximum absolute atomic E-state index is 9.78. The highest BCUT2D eigenvalue weighted by Crippen LogP contribution is 1.81. The van der Waals surface area contributed by atoms with Crippen molar-refractivity contribution >= 4 is 5.97 Å². The second-order valence-corrected chi connectivity index (χ2v) is 2.03. The van der Waals surface area contributed by atoms with Gasteiger partial charge in [0.2, 0.25) is 0 Å². The van der Waals surface area contributed by atoms with E-state index in [2.05, 4.69) is 11.0 Å². The second kappa shape index (κ2) is 6.79. The lowest BCUT2D eigenvalue weighted by Gasteiger charge is -1.90. The van der Waals surface area contributed by atoms with Crippen molar-refractivity contribution in [1.82, 2.24) is 0 Å². The molecule has 3 N–H and O–H groups in total. The molecule has 0 heterocycles. The normalized spacial score (nSPS) is 10.4. The number of hydrogen-bond donors (Lipinski definition) is 2. The first-order valence-corrected chi connectivity index (χ1v) is 2.98. The fourth-order valence-electron chi connectivity index (χ4n) is 0.228. The van der Waals surface area contributed by atoms with Crippen molar-refractivity contribution in [3.8, 4) is 0 Å². The predicted molar refractivity (Wildman–Crippen MR) is 38.7 cm³/mol. The molecule has 0 saturated carbocycles. The zero-order valence-electron chi connectivity index (χ0n) is 6.81. The summed E-state index contributed by atoms with van der Waals surface area (Å²) in [6, 6.07) is -0.0116. The molecule has 6 nitrogen and oxygen atoms in total. The minimum atomic E-state index is -0.833. The highest BCUT2D eigenvalue weighted by Gasteiger charge is 1.89. The molecule has 0 spiro atoms. The summed E-state index contributed by atoms with van der Waals surface area (Å²) < 4.78 is 0. The average Bonchev–Trinajstić information content (AvgIpc) is 1.56. The molecule has 0 aromatic carbocycles. The molecule has 0 aliphatic heterocycles. The van der Waals surface area contributed by atoms with Crippen LogP contribution in [0.5, 0.6) is 0 Å². The van der Waals surface area contributed by atoms with Gasteiger partial charge in [-0.15, -0.1) is 0 Å². The lowest BCUT2D eigenvalue weighted by Crippen LogP contribution is -2.11. The van der Waals surface area contributed by atoms with Gasteiger partial charge in [0, 0.05) is 17.0 Å². The molecule has 0 atom stereocenters. The second-order valence-electron chi connectivity index (χ2n) is 2.03. The summed E-state index contributed by atoms with van der Waals surface area (Å²) in [5, 5.41) is 20.5. The maximum Gasteiger partial charge on any atom is 0.300 e. The molecule has 0 rings (SSSR count). The van der Waals surface area contributed by atoms with E-state index in [0.717, 1.165) is 6.92 Å². The summed E-state index contributed by atoms with van der Waals surface area (Å²) in [6.45, 7) is 4.63. The van der Waals surface area contributed by atoms with Crippen LogP contribution in [-0.2, 0) is 4.79 Å². The highest BCUT2D eigenvalue weighted by molar-refractivity contribution is 5.62. The number of carboxylic acid groups (broad SMARTS) is 1. The Morgan fingerprint density at radius 3 is 2.00 bits per heavy atom. The van der Waals surface area contributed by atoms with Crippen molar-refractivity contribution in [3.63, 3.8) is 0 Å². The molecule has 0 saturated heterocycles. The molecule has 11 heavy (non-hydrogen) atoms. The number of nitrogens with two attached hydrogens (primary N) is 1. The topological polar surface area (TPSA) is 102 Å². The van der Waals surface area contributed by atoms with Crippen LogP contribution in [0.1, 0.15) is 20.8 Å². The van der Waals surface area contributed by atoms with Gasteiger partial charge in [-0.05, 0) is 13.8 Å². The third-order valence-electron chi connectivity index (χ3n) is 0.345. The average molecular weight is 163 g/mol. The van der Waals surface area contributed by atoms with Crippen LogP contribution < -0.4 is 5.84 Å². The summed E-state index contributed by atoms with van der Waals surface area (Å²) in [6.07, 6.45) is 0. The summed E-state index contributed by atoms with van der Waals surface area (Å²) in [5.74, 6) is 3.77. The van der Waals surface area contributed by atoms with Crippen molar-refractivity contribution in [2.75, 3.05) is 0 Å². The predicted octanol–water partition coefficient (Wildman–Crippen LogP) is 0.322. The molecule has 0 fully saturated rings. The van der Waals surface area contributed by atoms with E-state index in [9.17, 15) is 5.21 Å². The number of nitrogens with zero attached hydrogens (tertiary/aromatic N) is 2. The molecule has 0 unspecified atom stereocenters. The van der Waals surface area contributed by atoms with Gasteiger partial charge >= 0.3 is 0 Å². The largest absolute Gasteiger partial charge is 0.572 e. The lowest BCUT2D eigenvalue weighted by atomic mass is 10.4. The molecule has 0 amide bonds. The molecule has 0 aliphatic carbocycles. The third-order valence-corrected chi connectivity index (χ3v) is 0.345. The van der Waals surface area contributed by atoms with E-state index in [1.807, 2.05) is 0 Å². The summed E-state index contributed by atoms with van der Waals surface area (Å²) >= 11 is 0. The van der Waals surface area contributed by atoms with E-state index >= 15 is 0 Å². The van der Waals surface area contributed by atoms with Crippen molar-refractivity contribution in [3.05, 3.63) is 5.21 Å². The Labute approximate surface area is 64.9 Å². The molecular weight excluding hydrogens is 150 g/mol. The molecule has 66 valence electrons. The SMILES string of the molecule is CC(=O)O.CC(C)/N=[N+](\N)[O-]. The van der Waals surface area contributed by atoms with Gasteiger partial charge in [0.1, 0.15) is 6.04 Å². The van der Waals surface area contributed by atoms with Gasteiger partial charge in [-0.25, -0.2) is 0 Å². The van der Waals surface area contributed by atoms with E-state index in [4.69, 9.17) is 9.90 Å². The number of hydrogen-bond acceptors (Lipinski definition) is 3. The molecular formula is C5H13N3O3. The van der Waals surface area contributed by atoms with Crippen LogP contribution in [0.4, 0.5) is 0 Å². The van der Waals surface area contributed by atoms with E-state index in [0.29, 0.717) is 0 Å². The monoisotopic (exact) mass is 163 g/mol.